The molecule has 1 aliphatic rings. The van der Waals surface area contributed by atoms with Gasteiger partial charge in [-0.2, -0.15) is 0 Å². The van der Waals surface area contributed by atoms with E-state index in [0.29, 0.717) is 17.2 Å². The van der Waals surface area contributed by atoms with E-state index in [1.807, 2.05) is 30.3 Å². The molecule has 3 nitrogen and oxygen atoms in total. The lowest BCUT2D eigenvalue weighted by molar-refractivity contribution is 0.508. The molecule has 0 saturated carbocycles. The number of aryl methyl sites for hydroxylation is 1. The maximum atomic E-state index is 13.1. The summed E-state index contributed by atoms with van der Waals surface area (Å²) in [4.78, 5) is 18.7. The van der Waals surface area contributed by atoms with Gasteiger partial charge >= 0.3 is 0 Å². The first-order valence-electron chi connectivity index (χ1n) is 7.95. The van der Waals surface area contributed by atoms with Gasteiger partial charge in [0.15, 0.2) is 4.77 Å². The molecule has 1 aromatic carbocycles. The fourth-order valence-corrected chi connectivity index (χ4v) is 4.92. The summed E-state index contributed by atoms with van der Waals surface area (Å²) in [6, 6.07) is 10.00. The molecule has 0 fully saturated rings. The van der Waals surface area contributed by atoms with Crippen molar-refractivity contribution in [3.8, 4) is 0 Å². The van der Waals surface area contributed by atoms with Gasteiger partial charge in [0.05, 0.1) is 11.9 Å². The maximum Gasteiger partial charge on any atom is 0.263 e. The third-order valence-electron chi connectivity index (χ3n) is 4.62. The van der Waals surface area contributed by atoms with Crippen LogP contribution < -0.4 is 5.56 Å². The normalized spacial score (nSPS) is 17.3. The molecule has 1 N–H and O–H groups in total. The highest BCUT2D eigenvalue weighted by Crippen LogP contribution is 2.35. The average molecular weight is 342 g/mol. The average Bonchev–Trinajstić information content (AvgIpc) is 2.89. The van der Waals surface area contributed by atoms with E-state index in [1.165, 1.54) is 16.9 Å². The minimum Gasteiger partial charge on any atom is -0.323 e. The van der Waals surface area contributed by atoms with Crippen molar-refractivity contribution >= 4 is 33.8 Å². The molecular weight excluding hydrogens is 324 g/mol. The summed E-state index contributed by atoms with van der Waals surface area (Å²) in [5, 5.41) is 0.862. The highest BCUT2D eigenvalue weighted by atomic mass is 32.1. The third kappa shape index (κ3) is 2.58. The number of nitrogens with zero attached hydrogens (tertiary/aromatic N) is 1. The monoisotopic (exact) mass is 342 g/mol. The number of nitrogens with one attached hydrogen (secondary N) is 1. The second-order valence-corrected chi connectivity index (χ2v) is 7.85. The number of rotatable bonds is 2. The molecule has 0 radical (unpaired) electrons. The third-order valence-corrected chi connectivity index (χ3v) is 6.15. The van der Waals surface area contributed by atoms with E-state index in [4.69, 9.17) is 12.2 Å². The fourth-order valence-electron chi connectivity index (χ4n) is 3.37. The fraction of sp³-hybridized carbons (Fsp3) is 0.333. The Morgan fingerprint density at radius 2 is 2.13 bits per heavy atom. The molecule has 2 aromatic heterocycles. The van der Waals surface area contributed by atoms with Crippen LogP contribution in [-0.4, -0.2) is 9.55 Å². The lowest BCUT2D eigenvalue weighted by atomic mass is 9.89. The van der Waals surface area contributed by atoms with Gasteiger partial charge < -0.3 is 4.98 Å². The van der Waals surface area contributed by atoms with Crippen molar-refractivity contribution < 1.29 is 0 Å². The van der Waals surface area contributed by atoms with E-state index >= 15 is 0 Å². The molecule has 1 aliphatic carbocycles. The van der Waals surface area contributed by atoms with Crippen molar-refractivity contribution in [2.45, 2.75) is 32.7 Å². The molecule has 1 atom stereocenters. The summed E-state index contributed by atoms with van der Waals surface area (Å²) >= 11 is 7.15. The molecule has 0 aliphatic heterocycles. The van der Waals surface area contributed by atoms with E-state index in [1.54, 1.807) is 15.9 Å². The van der Waals surface area contributed by atoms with Crippen LogP contribution in [0.1, 0.15) is 29.3 Å². The number of hydrogen-bond donors (Lipinski definition) is 1. The first-order chi connectivity index (χ1) is 11.1. The van der Waals surface area contributed by atoms with Crippen LogP contribution in [0.4, 0.5) is 0 Å². The Balaban J connectivity index is 1.91. The van der Waals surface area contributed by atoms with Crippen LogP contribution in [0, 0.1) is 10.7 Å². The molecule has 118 valence electrons. The van der Waals surface area contributed by atoms with Crippen molar-refractivity contribution in [1.29, 1.82) is 0 Å². The van der Waals surface area contributed by atoms with Crippen molar-refractivity contribution in [1.82, 2.24) is 9.55 Å². The van der Waals surface area contributed by atoms with Gasteiger partial charge in [-0.15, -0.1) is 11.3 Å². The summed E-state index contributed by atoms with van der Waals surface area (Å²) in [6.07, 6.45) is 3.29. The van der Waals surface area contributed by atoms with Gasteiger partial charge in [0, 0.05) is 4.88 Å². The molecule has 5 heteroatoms. The van der Waals surface area contributed by atoms with Gasteiger partial charge in [0.2, 0.25) is 0 Å². The largest absolute Gasteiger partial charge is 0.323 e. The number of hydrogen-bond acceptors (Lipinski definition) is 3. The number of H-pyrrole nitrogens is 1. The van der Waals surface area contributed by atoms with Gasteiger partial charge in [-0.1, -0.05) is 37.3 Å². The minimum absolute atomic E-state index is 0.0548. The zero-order valence-electron chi connectivity index (χ0n) is 13.0. The molecule has 0 amide bonds. The van der Waals surface area contributed by atoms with E-state index in [0.717, 1.165) is 28.6 Å². The number of aromatic nitrogens is 2. The van der Waals surface area contributed by atoms with Crippen LogP contribution in [0.3, 0.4) is 0 Å². The summed E-state index contributed by atoms with van der Waals surface area (Å²) in [7, 11) is 0. The number of benzene rings is 1. The lowest BCUT2D eigenvalue weighted by Gasteiger charge is -2.17. The van der Waals surface area contributed by atoms with Gasteiger partial charge in [0.1, 0.15) is 4.83 Å². The lowest BCUT2D eigenvalue weighted by Crippen LogP contribution is -2.23. The molecule has 0 spiro atoms. The number of aromatic amines is 1. The zero-order chi connectivity index (χ0) is 16.0. The summed E-state index contributed by atoms with van der Waals surface area (Å²) < 4.78 is 2.21. The van der Waals surface area contributed by atoms with Crippen LogP contribution in [-0.2, 0) is 19.4 Å². The molecule has 2 heterocycles. The van der Waals surface area contributed by atoms with Gasteiger partial charge in [0.25, 0.3) is 5.56 Å². The Morgan fingerprint density at radius 1 is 1.35 bits per heavy atom. The van der Waals surface area contributed by atoms with Crippen LogP contribution >= 0.6 is 23.6 Å². The maximum absolute atomic E-state index is 13.1. The Kier molecular flexibility index (Phi) is 3.70. The van der Waals surface area contributed by atoms with Crippen LogP contribution in [0.2, 0.25) is 0 Å². The molecule has 0 saturated heterocycles. The Morgan fingerprint density at radius 3 is 2.91 bits per heavy atom. The van der Waals surface area contributed by atoms with Crippen molar-refractivity contribution in [2.75, 3.05) is 0 Å². The minimum atomic E-state index is 0.0548. The van der Waals surface area contributed by atoms with Gasteiger partial charge in [-0.05, 0) is 48.5 Å². The van der Waals surface area contributed by atoms with E-state index in [2.05, 4.69) is 11.9 Å². The molecule has 0 bridgehead atoms. The van der Waals surface area contributed by atoms with Crippen molar-refractivity contribution in [3.05, 3.63) is 61.5 Å². The molecular formula is C18H18N2OS2. The van der Waals surface area contributed by atoms with E-state index in [9.17, 15) is 4.79 Å². The predicted molar refractivity (Wildman–Crippen MR) is 98.0 cm³/mol. The standard InChI is InChI=1S/C18H18N2OS2/c1-11-7-8-14-13(9-11)15-16(23-14)19-18(22)20(17(15)21)10-12-5-3-2-4-6-12/h2-6,11H,7-10H2,1H3,(H,19,22)/t11-/m1/s1. The molecule has 23 heavy (non-hydrogen) atoms. The summed E-state index contributed by atoms with van der Waals surface area (Å²) in [6.45, 7) is 2.78. The van der Waals surface area contributed by atoms with E-state index < -0.39 is 0 Å². The molecule has 0 unspecified atom stereocenters. The smallest absolute Gasteiger partial charge is 0.263 e. The summed E-state index contributed by atoms with van der Waals surface area (Å²) in [5.74, 6) is 0.644. The first kappa shape index (κ1) is 14.8. The SMILES string of the molecule is C[C@@H]1CCc2sc3[nH]c(=S)n(Cc4ccccc4)c(=O)c3c2C1. The summed E-state index contributed by atoms with van der Waals surface area (Å²) in [5.41, 5.74) is 2.40. The van der Waals surface area contributed by atoms with Crippen LogP contribution in [0.15, 0.2) is 35.1 Å². The molecule has 3 aromatic rings. The highest BCUT2D eigenvalue weighted by molar-refractivity contribution is 7.71. The zero-order valence-corrected chi connectivity index (χ0v) is 14.6. The van der Waals surface area contributed by atoms with Crippen LogP contribution in [0.5, 0.6) is 0 Å². The highest BCUT2D eigenvalue weighted by Gasteiger charge is 2.23. The quantitative estimate of drug-likeness (QED) is 0.705. The second kappa shape index (κ2) is 5.73. The Hall–Kier alpha value is -1.72. The second-order valence-electron chi connectivity index (χ2n) is 6.36. The van der Waals surface area contributed by atoms with Crippen LogP contribution in [0.25, 0.3) is 10.2 Å². The van der Waals surface area contributed by atoms with E-state index in [-0.39, 0.29) is 5.56 Å². The predicted octanol–water partition coefficient (Wildman–Crippen LogP) is 4.29. The van der Waals surface area contributed by atoms with Gasteiger partial charge in [-0.25, -0.2) is 0 Å². The topological polar surface area (TPSA) is 37.8 Å². The van der Waals surface area contributed by atoms with Crippen molar-refractivity contribution in [3.63, 3.8) is 0 Å². The number of fused-ring (bicyclic) bond motifs is 3. The Labute approximate surface area is 143 Å². The number of thiophene rings is 1. The Bertz CT molecular complexity index is 982. The first-order valence-corrected chi connectivity index (χ1v) is 9.17. The van der Waals surface area contributed by atoms with Crippen molar-refractivity contribution in [2.24, 2.45) is 5.92 Å². The molecule has 4 rings (SSSR count). The van der Waals surface area contributed by atoms with Gasteiger partial charge in [-0.3, -0.25) is 9.36 Å².